The number of sulfone groups is 1. The molecule has 1 fully saturated rings. The largest absolute Gasteiger partial charge is 0.311 e. The van der Waals surface area contributed by atoms with E-state index >= 15 is 0 Å². The molecule has 0 spiro atoms. The van der Waals surface area contributed by atoms with Gasteiger partial charge in [0.1, 0.15) is 5.82 Å². The van der Waals surface area contributed by atoms with Crippen molar-refractivity contribution in [1.82, 2.24) is 9.78 Å². The van der Waals surface area contributed by atoms with Crippen molar-refractivity contribution in [2.24, 2.45) is 0 Å². The third-order valence-corrected chi connectivity index (χ3v) is 5.91. The number of aryl methyl sites for hydroxylation is 2. The zero-order valence-corrected chi connectivity index (χ0v) is 14.4. The molecule has 1 aromatic heterocycles. The highest BCUT2D eigenvalue weighted by Crippen LogP contribution is 2.27. The van der Waals surface area contributed by atoms with Gasteiger partial charge in [0.15, 0.2) is 9.84 Å². The number of carbonyl (C=O) groups is 1. The fraction of sp³-hybridized carbons (Fsp3) is 0.412. The lowest BCUT2D eigenvalue weighted by Crippen LogP contribution is -2.19. The van der Waals surface area contributed by atoms with E-state index in [0.29, 0.717) is 25.1 Å². The van der Waals surface area contributed by atoms with Crippen molar-refractivity contribution < 1.29 is 13.2 Å². The summed E-state index contributed by atoms with van der Waals surface area (Å²) in [4.78, 5) is 12.2. The fourth-order valence-electron chi connectivity index (χ4n) is 2.96. The van der Waals surface area contributed by atoms with Gasteiger partial charge in [-0.15, -0.1) is 0 Å². The van der Waals surface area contributed by atoms with Gasteiger partial charge in [-0.2, -0.15) is 5.10 Å². The Hall–Kier alpha value is -2.15. The summed E-state index contributed by atoms with van der Waals surface area (Å²) < 4.78 is 25.0. The van der Waals surface area contributed by atoms with Crippen molar-refractivity contribution in [3.05, 3.63) is 47.7 Å². The lowest BCUT2D eigenvalue weighted by molar-refractivity contribution is -0.116. The molecule has 2 heterocycles. The molecule has 1 N–H and O–H groups in total. The van der Waals surface area contributed by atoms with Crippen LogP contribution >= 0.6 is 0 Å². The zero-order chi connectivity index (χ0) is 17.2. The normalized spacial score (nSPS) is 19.3. The van der Waals surface area contributed by atoms with Gasteiger partial charge in [0.25, 0.3) is 0 Å². The van der Waals surface area contributed by atoms with Crippen molar-refractivity contribution in [2.75, 3.05) is 16.8 Å². The summed E-state index contributed by atoms with van der Waals surface area (Å²) in [5.74, 6) is 0.743. The number of hydrogen-bond donors (Lipinski definition) is 1. The number of hydrogen-bond acceptors (Lipinski definition) is 4. The van der Waals surface area contributed by atoms with Gasteiger partial charge in [0, 0.05) is 12.5 Å². The summed E-state index contributed by atoms with van der Waals surface area (Å²) in [6, 6.07) is 11.4. The smallest absolute Gasteiger partial charge is 0.225 e. The van der Waals surface area contributed by atoms with Crippen molar-refractivity contribution in [1.29, 1.82) is 0 Å². The van der Waals surface area contributed by atoms with Crippen LogP contribution in [-0.2, 0) is 21.1 Å². The van der Waals surface area contributed by atoms with E-state index in [1.165, 1.54) is 0 Å². The summed E-state index contributed by atoms with van der Waals surface area (Å²) in [6.45, 7) is 1.83. The van der Waals surface area contributed by atoms with E-state index in [1.54, 1.807) is 10.7 Å². The minimum Gasteiger partial charge on any atom is -0.311 e. The lowest BCUT2D eigenvalue weighted by Gasteiger charge is -2.13. The Labute approximate surface area is 141 Å². The van der Waals surface area contributed by atoms with E-state index in [1.807, 2.05) is 37.3 Å². The molecule has 1 atom stereocenters. The Morgan fingerprint density at radius 2 is 2.08 bits per heavy atom. The highest BCUT2D eigenvalue weighted by molar-refractivity contribution is 7.91. The Morgan fingerprint density at radius 3 is 2.75 bits per heavy atom. The topological polar surface area (TPSA) is 81.1 Å². The van der Waals surface area contributed by atoms with Crippen LogP contribution in [0.25, 0.3) is 0 Å². The first-order valence-electron chi connectivity index (χ1n) is 8.03. The minimum absolute atomic E-state index is 0.0843. The van der Waals surface area contributed by atoms with Crippen LogP contribution < -0.4 is 5.32 Å². The molecule has 1 amide bonds. The SMILES string of the molecule is Cc1cc(NC(=O)CCc2ccccc2)n([C@H]2CCS(=O)(=O)C2)n1. The van der Waals surface area contributed by atoms with E-state index in [4.69, 9.17) is 0 Å². The van der Waals surface area contributed by atoms with Crippen molar-refractivity contribution in [3.63, 3.8) is 0 Å². The first-order chi connectivity index (χ1) is 11.4. The molecule has 24 heavy (non-hydrogen) atoms. The highest BCUT2D eigenvalue weighted by atomic mass is 32.2. The van der Waals surface area contributed by atoms with E-state index in [-0.39, 0.29) is 23.5 Å². The molecule has 3 rings (SSSR count). The van der Waals surface area contributed by atoms with E-state index < -0.39 is 9.84 Å². The summed E-state index contributed by atoms with van der Waals surface area (Å²) >= 11 is 0. The van der Waals surface area contributed by atoms with E-state index in [9.17, 15) is 13.2 Å². The predicted octanol–water partition coefficient (Wildman–Crippen LogP) is 2.12. The molecule has 1 aliphatic heterocycles. The Balaban J connectivity index is 1.66. The third kappa shape index (κ3) is 4.03. The van der Waals surface area contributed by atoms with Gasteiger partial charge in [-0.25, -0.2) is 13.1 Å². The molecule has 1 aromatic carbocycles. The maximum atomic E-state index is 12.2. The Morgan fingerprint density at radius 1 is 1.33 bits per heavy atom. The molecule has 128 valence electrons. The van der Waals surface area contributed by atoms with Crippen LogP contribution in [-0.4, -0.2) is 35.6 Å². The molecule has 1 aliphatic rings. The number of anilines is 1. The number of nitrogens with one attached hydrogen (secondary N) is 1. The number of aromatic nitrogens is 2. The molecule has 0 saturated carbocycles. The maximum absolute atomic E-state index is 12.2. The Kier molecular flexibility index (Phi) is 4.71. The van der Waals surface area contributed by atoms with Crippen LogP contribution in [0.3, 0.4) is 0 Å². The number of carbonyl (C=O) groups excluding carboxylic acids is 1. The molecular weight excluding hydrogens is 326 g/mol. The van der Waals surface area contributed by atoms with Crippen LogP contribution in [0.5, 0.6) is 0 Å². The zero-order valence-electron chi connectivity index (χ0n) is 13.6. The van der Waals surface area contributed by atoms with Gasteiger partial charge in [0.05, 0.1) is 23.2 Å². The van der Waals surface area contributed by atoms with Crippen molar-refractivity contribution in [3.8, 4) is 0 Å². The number of nitrogens with zero attached hydrogens (tertiary/aromatic N) is 2. The number of rotatable bonds is 5. The molecule has 7 heteroatoms. The second-order valence-electron chi connectivity index (χ2n) is 6.21. The molecule has 0 unspecified atom stereocenters. The molecule has 2 aromatic rings. The first kappa shape index (κ1) is 16.7. The van der Waals surface area contributed by atoms with Gasteiger partial charge < -0.3 is 5.32 Å². The van der Waals surface area contributed by atoms with Crippen LogP contribution in [0.1, 0.15) is 30.1 Å². The standard InChI is InChI=1S/C17H21N3O3S/c1-13-11-16(20(19-13)15-9-10-24(22,23)12-15)18-17(21)8-7-14-5-3-2-4-6-14/h2-6,11,15H,7-10,12H2,1H3,(H,18,21)/t15-/m0/s1. The van der Waals surface area contributed by atoms with Crippen LogP contribution in [0.15, 0.2) is 36.4 Å². The molecular formula is C17H21N3O3S. The van der Waals surface area contributed by atoms with Gasteiger partial charge in [-0.05, 0) is 25.3 Å². The van der Waals surface area contributed by atoms with Gasteiger partial charge in [0.2, 0.25) is 5.91 Å². The summed E-state index contributed by atoms with van der Waals surface area (Å²) in [5, 5.41) is 7.24. The summed E-state index contributed by atoms with van der Waals surface area (Å²) in [6.07, 6.45) is 1.57. The number of amides is 1. The van der Waals surface area contributed by atoms with Gasteiger partial charge >= 0.3 is 0 Å². The molecule has 0 radical (unpaired) electrons. The van der Waals surface area contributed by atoms with Gasteiger partial charge in [-0.1, -0.05) is 30.3 Å². The second-order valence-corrected chi connectivity index (χ2v) is 8.43. The lowest BCUT2D eigenvalue weighted by atomic mass is 10.1. The van der Waals surface area contributed by atoms with Crippen LogP contribution in [0.4, 0.5) is 5.82 Å². The minimum atomic E-state index is -3.00. The monoisotopic (exact) mass is 347 g/mol. The average Bonchev–Trinajstić information content (AvgIpc) is 3.08. The maximum Gasteiger partial charge on any atom is 0.225 e. The van der Waals surface area contributed by atoms with Gasteiger partial charge in [-0.3, -0.25) is 4.79 Å². The predicted molar refractivity (Wildman–Crippen MR) is 92.7 cm³/mol. The summed E-state index contributed by atoms with van der Waals surface area (Å²) in [7, 11) is -3.00. The van der Waals surface area contributed by atoms with Crippen molar-refractivity contribution in [2.45, 2.75) is 32.2 Å². The average molecular weight is 347 g/mol. The molecule has 6 nitrogen and oxygen atoms in total. The third-order valence-electron chi connectivity index (χ3n) is 4.16. The van der Waals surface area contributed by atoms with E-state index in [2.05, 4.69) is 10.4 Å². The van der Waals surface area contributed by atoms with Crippen LogP contribution in [0.2, 0.25) is 0 Å². The quantitative estimate of drug-likeness (QED) is 0.898. The highest BCUT2D eigenvalue weighted by Gasteiger charge is 2.31. The van der Waals surface area contributed by atoms with Crippen molar-refractivity contribution >= 4 is 21.6 Å². The second kappa shape index (κ2) is 6.76. The van der Waals surface area contributed by atoms with E-state index in [0.717, 1.165) is 11.3 Å². The Bertz CT molecular complexity index is 828. The van der Waals surface area contributed by atoms with Crippen LogP contribution in [0, 0.1) is 6.92 Å². The molecule has 0 bridgehead atoms. The fourth-order valence-corrected chi connectivity index (χ4v) is 4.66. The first-order valence-corrected chi connectivity index (χ1v) is 9.85. The number of benzene rings is 1. The summed E-state index contributed by atoms with van der Waals surface area (Å²) in [5.41, 5.74) is 1.87. The molecule has 1 saturated heterocycles. The molecule has 0 aliphatic carbocycles.